The molecule has 124 valence electrons. The van der Waals surface area contributed by atoms with Crippen LogP contribution in [0.1, 0.15) is 17.5 Å². The van der Waals surface area contributed by atoms with Crippen molar-refractivity contribution in [3.05, 3.63) is 65.5 Å². The first kappa shape index (κ1) is 16.2. The quantitative estimate of drug-likeness (QED) is 0.938. The van der Waals surface area contributed by atoms with Crippen LogP contribution in [-0.2, 0) is 16.1 Å². The Morgan fingerprint density at radius 1 is 1.21 bits per heavy atom. The molecular formula is C19H19FN2O2. The minimum absolute atomic E-state index is 0.0516. The van der Waals surface area contributed by atoms with Crippen molar-refractivity contribution in [1.82, 2.24) is 4.90 Å². The summed E-state index contributed by atoms with van der Waals surface area (Å²) < 4.78 is 13.0. The third-order valence-corrected chi connectivity index (χ3v) is 4.27. The molecule has 1 N–H and O–H groups in total. The Balaban J connectivity index is 1.62. The zero-order valence-electron chi connectivity index (χ0n) is 13.5. The normalized spacial score (nSPS) is 17.2. The van der Waals surface area contributed by atoms with E-state index in [0.29, 0.717) is 13.1 Å². The summed E-state index contributed by atoms with van der Waals surface area (Å²) in [6.45, 7) is 2.71. The van der Waals surface area contributed by atoms with Crippen LogP contribution < -0.4 is 5.32 Å². The number of carbonyl (C=O) groups excluding carboxylic acids is 2. The molecule has 2 aromatic carbocycles. The summed E-state index contributed by atoms with van der Waals surface area (Å²) in [6.07, 6.45) is 0.207. The fraction of sp³-hybridized carbons (Fsp3) is 0.263. The Hall–Kier alpha value is -2.69. The maximum atomic E-state index is 13.0. The van der Waals surface area contributed by atoms with E-state index in [0.717, 1.165) is 16.8 Å². The molecule has 1 fully saturated rings. The molecule has 1 atom stereocenters. The molecule has 0 spiro atoms. The van der Waals surface area contributed by atoms with Gasteiger partial charge < -0.3 is 10.2 Å². The van der Waals surface area contributed by atoms with Crippen molar-refractivity contribution >= 4 is 17.5 Å². The van der Waals surface area contributed by atoms with Gasteiger partial charge in [0.25, 0.3) is 0 Å². The lowest BCUT2D eigenvalue weighted by atomic mass is 10.1. The highest BCUT2D eigenvalue weighted by Gasteiger charge is 2.34. The van der Waals surface area contributed by atoms with Crippen molar-refractivity contribution in [3.8, 4) is 0 Å². The van der Waals surface area contributed by atoms with Gasteiger partial charge in [-0.1, -0.05) is 30.3 Å². The van der Waals surface area contributed by atoms with Crippen molar-refractivity contribution in [3.63, 3.8) is 0 Å². The van der Waals surface area contributed by atoms with Crippen molar-refractivity contribution in [2.45, 2.75) is 19.9 Å². The van der Waals surface area contributed by atoms with Crippen molar-refractivity contribution in [1.29, 1.82) is 0 Å². The van der Waals surface area contributed by atoms with Crippen molar-refractivity contribution in [2.75, 3.05) is 11.9 Å². The lowest BCUT2D eigenvalue weighted by Gasteiger charge is -2.17. The molecule has 2 amide bonds. The van der Waals surface area contributed by atoms with E-state index < -0.39 is 0 Å². The summed E-state index contributed by atoms with van der Waals surface area (Å²) in [5.74, 6) is -0.858. The number of rotatable bonds is 4. The van der Waals surface area contributed by atoms with Crippen molar-refractivity contribution < 1.29 is 14.0 Å². The molecule has 0 aliphatic carbocycles. The number of aryl methyl sites for hydroxylation is 1. The lowest BCUT2D eigenvalue weighted by molar-refractivity contribution is -0.128. The summed E-state index contributed by atoms with van der Waals surface area (Å²) in [7, 11) is 0. The van der Waals surface area contributed by atoms with Crippen LogP contribution in [0.2, 0.25) is 0 Å². The second-order valence-electron chi connectivity index (χ2n) is 6.11. The van der Waals surface area contributed by atoms with Crippen LogP contribution in [0.3, 0.4) is 0 Å². The Morgan fingerprint density at radius 2 is 1.92 bits per heavy atom. The molecule has 2 aromatic rings. The SMILES string of the molecule is Cc1ccccc1NC(=O)[C@H]1CC(=O)N(Cc2ccc(F)cc2)C1. The standard InChI is InChI=1S/C19H19FN2O2/c1-13-4-2-3-5-17(13)21-19(24)15-10-18(23)22(12-15)11-14-6-8-16(20)9-7-14/h2-9,15H,10-12H2,1H3,(H,21,24)/t15-/m0/s1. The van der Waals surface area contributed by atoms with Gasteiger partial charge in [-0.05, 0) is 36.2 Å². The van der Waals surface area contributed by atoms with Crippen LogP contribution in [0.15, 0.2) is 48.5 Å². The second-order valence-corrected chi connectivity index (χ2v) is 6.11. The monoisotopic (exact) mass is 326 g/mol. The molecule has 3 rings (SSSR count). The number of halogens is 1. The average Bonchev–Trinajstić information content (AvgIpc) is 2.93. The summed E-state index contributed by atoms with van der Waals surface area (Å²) in [5.41, 5.74) is 2.61. The molecule has 0 radical (unpaired) electrons. The van der Waals surface area contributed by atoms with Gasteiger partial charge in [0.05, 0.1) is 5.92 Å². The van der Waals surface area contributed by atoms with Gasteiger partial charge in [-0.15, -0.1) is 0 Å². The number of amides is 2. The number of benzene rings is 2. The molecule has 1 saturated heterocycles. The van der Waals surface area contributed by atoms with Gasteiger partial charge in [0.1, 0.15) is 5.82 Å². The minimum atomic E-state index is -0.363. The molecule has 24 heavy (non-hydrogen) atoms. The zero-order chi connectivity index (χ0) is 17.1. The highest BCUT2D eigenvalue weighted by Crippen LogP contribution is 2.23. The molecule has 0 aromatic heterocycles. The van der Waals surface area contributed by atoms with E-state index in [2.05, 4.69) is 5.32 Å². The average molecular weight is 326 g/mol. The number of hydrogen-bond acceptors (Lipinski definition) is 2. The summed E-state index contributed by atoms with van der Waals surface area (Å²) in [4.78, 5) is 26.2. The first-order chi connectivity index (χ1) is 11.5. The molecule has 1 aliphatic rings. The van der Waals surface area contributed by atoms with Gasteiger partial charge in [0, 0.05) is 25.2 Å². The third-order valence-electron chi connectivity index (χ3n) is 4.27. The molecule has 1 heterocycles. The first-order valence-corrected chi connectivity index (χ1v) is 7.91. The maximum Gasteiger partial charge on any atom is 0.229 e. The van der Waals surface area contributed by atoms with Gasteiger partial charge in [-0.3, -0.25) is 9.59 Å². The molecule has 1 aliphatic heterocycles. The number of para-hydroxylation sites is 1. The fourth-order valence-corrected chi connectivity index (χ4v) is 2.86. The topological polar surface area (TPSA) is 49.4 Å². The fourth-order valence-electron chi connectivity index (χ4n) is 2.86. The molecule has 0 bridgehead atoms. The summed E-state index contributed by atoms with van der Waals surface area (Å²) >= 11 is 0. The molecule has 0 saturated carbocycles. The highest BCUT2D eigenvalue weighted by molar-refractivity contribution is 5.97. The van der Waals surface area contributed by atoms with E-state index >= 15 is 0 Å². The van der Waals surface area contributed by atoms with Crippen LogP contribution in [-0.4, -0.2) is 23.3 Å². The van der Waals surface area contributed by atoms with Crippen LogP contribution in [0.5, 0.6) is 0 Å². The summed E-state index contributed by atoms with van der Waals surface area (Å²) in [5, 5.41) is 2.90. The molecule has 0 unspecified atom stereocenters. The second kappa shape index (κ2) is 6.83. The van der Waals surface area contributed by atoms with Crippen LogP contribution >= 0.6 is 0 Å². The van der Waals surface area contributed by atoms with Crippen LogP contribution in [0.4, 0.5) is 10.1 Å². The number of anilines is 1. The lowest BCUT2D eigenvalue weighted by Crippen LogP contribution is -2.28. The number of carbonyl (C=O) groups is 2. The number of nitrogens with one attached hydrogen (secondary N) is 1. The Kier molecular flexibility index (Phi) is 4.60. The van der Waals surface area contributed by atoms with Gasteiger partial charge in [0.2, 0.25) is 11.8 Å². The number of likely N-dealkylation sites (tertiary alicyclic amines) is 1. The third kappa shape index (κ3) is 3.62. The van der Waals surface area contributed by atoms with E-state index in [-0.39, 0.29) is 30.0 Å². The predicted molar refractivity (Wildman–Crippen MR) is 89.7 cm³/mol. The van der Waals surface area contributed by atoms with Gasteiger partial charge in [-0.2, -0.15) is 0 Å². The maximum absolute atomic E-state index is 13.0. The minimum Gasteiger partial charge on any atom is -0.338 e. The van der Waals surface area contributed by atoms with E-state index in [1.807, 2.05) is 31.2 Å². The number of hydrogen-bond donors (Lipinski definition) is 1. The molecule has 5 heteroatoms. The van der Waals surface area contributed by atoms with Crippen LogP contribution in [0, 0.1) is 18.7 Å². The van der Waals surface area contributed by atoms with Gasteiger partial charge in [-0.25, -0.2) is 4.39 Å². The Bertz CT molecular complexity index is 758. The predicted octanol–water partition coefficient (Wildman–Crippen LogP) is 3.12. The van der Waals surface area contributed by atoms with Crippen LogP contribution in [0.25, 0.3) is 0 Å². The number of nitrogens with zero attached hydrogens (tertiary/aromatic N) is 1. The van der Waals surface area contributed by atoms with Crippen molar-refractivity contribution in [2.24, 2.45) is 5.92 Å². The molecule has 4 nitrogen and oxygen atoms in total. The Labute approximate surface area is 140 Å². The highest BCUT2D eigenvalue weighted by atomic mass is 19.1. The van der Waals surface area contributed by atoms with E-state index in [9.17, 15) is 14.0 Å². The van der Waals surface area contributed by atoms with Gasteiger partial charge in [0.15, 0.2) is 0 Å². The summed E-state index contributed by atoms with van der Waals surface area (Å²) in [6, 6.07) is 13.6. The molecular weight excluding hydrogens is 307 g/mol. The smallest absolute Gasteiger partial charge is 0.229 e. The van der Waals surface area contributed by atoms with Gasteiger partial charge >= 0.3 is 0 Å². The largest absolute Gasteiger partial charge is 0.338 e. The first-order valence-electron chi connectivity index (χ1n) is 7.91. The van der Waals surface area contributed by atoms with E-state index in [1.54, 1.807) is 17.0 Å². The van der Waals surface area contributed by atoms with E-state index in [4.69, 9.17) is 0 Å². The Morgan fingerprint density at radius 3 is 2.62 bits per heavy atom. The zero-order valence-corrected chi connectivity index (χ0v) is 13.5. The van der Waals surface area contributed by atoms with E-state index in [1.165, 1.54) is 12.1 Å².